The average Bonchev–Trinajstić information content (AvgIpc) is 1.67. The van der Waals surface area contributed by atoms with Crippen molar-refractivity contribution in [1.82, 2.24) is 0 Å². The van der Waals surface area contributed by atoms with Crippen LogP contribution in [0.25, 0.3) is 0 Å². The van der Waals surface area contributed by atoms with Gasteiger partial charge in [-0.15, -0.1) is 0 Å². The van der Waals surface area contributed by atoms with Gasteiger partial charge in [-0.05, 0) is 0 Å². The molecular weight excluding hydrogens is 158 g/mol. The molecule has 0 aliphatic carbocycles. The molecule has 0 heterocycles. The summed E-state index contributed by atoms with van der Waals surface area (Å²) in [6.07, 6.45) is 0.353. The fourth-order valence-corrected chi connectivity index (χ4v) is 0.642. The van der Waals surface area contributed by atoms with E-state index in [2.05, 4.69) is 0 Å². The largest absolute Gasteiger partial charge is 0.481 e. The zero-order chi connectivity index (χ0) is 7.70. The first-order chi connectivity index (χ1) is 4.18. The third kappa shape index (κ3) is 31.6. The van der Waals surface area contributed by atoms with E-state index >= 15 is 0 Å². The smallest absolute Gasteiger partial charge is 0.324 e. The molecule has 0 saturated heterocycles. The lowest BCUT2D eigenvalue weighted by Gasteiger charge is -1.79. The molecule has 9 heavy (non-hydrogen) atoms. The molecule has 0 aromatic carbocycles. The molecular formula is C3H8AlO4P. The van der Waals surface area contributed by atoms with Gasteiger partial charge in [-0.3, -0.25) is 4.79 Å². The van der Waals surface area contributed by atoms with Crippen LogP contribution in [0.5, 0.6) is 0 Å². The van der Waals surface area contributed by atoms with Crippen molar-refractivity contribution in [1.29, 1.82) is 0 Å². The summed E-state index contributed by atoms with van der Waals surface area (Å²) in [7, 11) is -0.833. The van der Waals surface area contributed by atoms with E-state index in [1.807, 2.05) is 0 Å². The predicted molar refractivity (Wildman–Crippen MR) is 35.4 cm³/mol. The summed E-state index contributed by atoms with van der Waals surface area (Å²) in [6.45, 7) is 0. The van der Waals surface area contributed by atoms with Gasteiger partial charge in [0.15, 0.2) is 0 Å². The van der Waals surface area contributed by atoms with Crippen molar-refractivity contribution in [2.24, 2.45) is 0 Å². The summed E-state index contributed by atoms with van der Waals surface area (Å²) in [5.41, 5.74) is 0. The Bertz CT molecular complexity index is 85.9. The van der Waals surface area contributed by atoms with Crippen molar-refractivity contribution in [3.8, 4) is 0 Å². The molecule has 0 aliphatic heterocycles. The minimum atomic E-state index is -0.833. The van der Waals surface area contributed by atoms with Crippen LogP contribution in [-0.2, 0) is 9.36 Å². The Kier molecular flexibility index (Phi) is 14.4. The fourth-order valence-electron chi connectivity index (χ4n) is 0.214. The van der Waals surface area contributed by atoms with Gasteiger partial charge in [0.25, 0.3) is 0 Å². The zero-order valence-corrected chi connectivity index (χ0v) is 7.97. The molecule has 0 atom stereocenters. The summed E-state index contributed by atoms with van der Waals surface area (Å²) < 4.78 is 8.46. The van der Waals surface area contributed by atoms with Gasteiger partial charge in [-0.25, -0.2) is 4.57 Å². The van der Waals surface area contributed by atoms with E-state index in [-0.39, 0.29) is 0 Å². The van der Waals surface area contributed by atoms with Crippen molar-refractivity contribution >= 4 is 30.9 Å². The van der Waals surface area contributed by atoms with Gasteiger partial charge in [0.2, 0.25) is 16.3 Å². The topological polar surface area (TPSA) is 74.6 Å². The Balaban J connectivity index is 0. The Morgan fingerprint density at radius 3 is 2.00 bits per heavy atom. The van der Waals surface area contributed by atoms with Gasteiger partial charge < -0.3 is 10.00 Å². The van der Waals surface area contributed by atoms with Crippen molar-refractivity contribution in [2.75, 3.05) is 0 Å². The number of carboxylic acid groups (broad SMARTS) is 1. The van der Waals surface area contributed by atoms with Gasteiger partial charge in [-0.1, -0.05) is 5.28 Å². The van der Waals surface area contributed by atoms with Gasteiger partial charge in [0, 0.05) is 6.42 Å². The van der Waals surface area contributed by atoms with E-state index in [0.29, 0.717) is 6.42 Å². The molecule has 0 spiro atoms. The van der Waals surface area contributed by atoms with Crippen LogP contribution in [0.1, 0.15) is 6.42 Å². The Hall–Kier alpha value is 0.0625. The van der Waals surface area contributed by atoms with E-state index < -0.39 is 14.7 Å². The number of rotatable bonds is 2. The molecule has 0 rings (SSSR count). The molecule has 0 aromatic heterocycles. The Labute approximate surface area is 62.6 Å². The first-order valence-corrected chi connectivity index (χ1v) is 4.55. The lowest BCUT2D eigenvalue weighted by Crippen LogP contribution is -1.91. The highest BCUT2D eigenvalue weighted by Crippen LogP contribution is 1.79. The summed E-state index contributed by atoms with van der Waals surface area (Å²) in [5, 5.41) is 8.81. The van der Waals surface area contributed by atoms with E-state index in [9.17, 15) is 4.79 Å². The summed E-state index contributed by atoms with van der Waals surface area (Å²) >= 11 is 1.01. The van der Waals surface area contributed by atoms with Crippen LogP contribution in [0.15, 0.2) is 0 Å². The highest BCUT2D eigenvalue weighted by atomic mass is 31.1. The van der Waals surface area contributed by atoms with Crippen LogP contribution >= 0.6 is 8.69 Å². The van der Waals surface area contributed by atoms with Crippen molar-refractivity contribution in [3.63, 3.8) is 0 Å². The van der Waals surface area contributed by atoms with Crippen molar-refractivity contribution in [2.45, 2.75) is 11.7 Å². The third-order valence-corrected chi connectivity index (χ3v) is 0.964. The normalized spacial score (nSPS) is 7.67. The fraction of sp³-hybridized carbons (Fsp3) is 0.667. The van der Waals surface area contributed by atoms with E-state index in [1.165, 1.54) is 0 Å². The summed E-state index contributed by atoms with van der Waals surface area (Å²) in [5.74, 6) is -0.676. The Morgan fingerprint density at radius 1 is 1.67 bits per heavy atom. The summed E-state index contributed by atoms with van der Waals surface area (Å²) in [6, 6.07) is 0. The van der Waals surface area contributed by atoms with E-state index in [4.69, 9.17) is 14.6 Å². The summed E-state index contributed by atoms with van der Waals surface area (Å²) in [4.78, 5) is 16.6. The second-order valence-electron chi connectivity index (χ2n) is 1.23. The average molecular weight is 166 g/mol. The maximum Gasteiger partial charge on any atom is 0.324 e. The van der Waals surface area contributed by atoms with Gasteiger partial charge >= 0.3 is 14.7 Å². The van der Waals surface area contributed by atoms with Crippen molar-refractivity contribution < 1.29 is 19.4 Å². The van der Waals surface area contributed by atoms with Gasteiger partial charge in [-0.2, -0.15) is 0 Å². The molecule has 0 radical (unpaired) electrons. The molecule has 52 valence electrons. The number of aliphatic carboxylic acids is 1. The molecule has 0 fully saturated rings. The highest BCUT2D eigenvalue weighted by molar-refractivity contribution is 7.16. The Morgan fingerprint density at radius 2 is 2.00 bits per heavy atom. The maximum absolute atomic E-state index is 9.62. The van der Waals surface area contributed by atoms with Crippen LogP contribution in [0.3, 0.4) is 0 Å². The van der Waals surface area contributed by atoms with E-state index in [0.717, 1.165) is 21.6 Å². The van der Waals surface area contributed by atoms with Crippen LogP contribution in [0, 0.1) is 0 Å². The van der Waals surface area contributed by atoms with Crippen molar-refractivity contribution in [3.05, 3.63) is 0 Å². The molecule has 2 N–H and O–H groups in total. The molecule has 0 unspecified atom stereocenters. The van der Waals surface area contributed by atoms with E-state index in [1.54, 1.807) is 0 Å². The molecule has 0 aliphatic rings. The van der Waals surface area contributed by atoms with Gasteiger partial charge in [0.05, 0.1) is 0 Å². The second-order valence-corrected chi connectivity index (χ2v) is 2.39. The molecule has 0 amide bonds. The lowest BCUT2D eigenvalue weighted by atomic mass is 10.5. The van der Waals surface area contributed by atoms with Gasteiger partial charge in [0.1, 0.15) is 0 Å². The van der Waals surface area contributed by atoms with Crippen LogP contribution in [-0.4, -0.2) is 32.3 Å². The number of carbonyl (C=O) groups is 1. The first-order valence-electron chi connectivity index (χ1n) is 2.37. The first kappa shape index (κ1) is 11.8. The molecule has 0 saturated carbocycles. The number of hydrogen-bond acceptors (Lipinski definition) is 2. The maximum atomic E-state index is 9.62. The zero-order valence-electron chi connectivity index (χ0n) is 5.07. The molecule has 0 bridgehead atoms. The minimum absolute atomic E-state index is 0.353. The molecule has 0 aromatic rings. The number of hydrogen-bond donors (Lipinski definition) is 2. The SMILES string of the molecule is O=C(O)C[CH2][AlH2].O=PO. The molecule has 4 nitrogen and oxygen atoms in total. The lowest BCUT2D eigenvalue weighted by molar-refractivity contribution is -0.136. The molecule has 6 heteroatoms. The van der Waals surface area contributed by atoms with Crippen LogP contribution in [0.2, 0.25) is 5.28 Å². The van der Waals surface area contributed by atoms with Crippen LogP contribution in [0.4, 0.5) is 0 Å². The van der Waals surface area contributed by atoms with Crippen LogP contribution < -0.4 is 0 Å². The predicted octanol–water partition coefficient (Wildman–Crippen LogP) is -0.302. The quantitative estimate of drug-likeness (QED) is 0.436. The minimum Gasteiger partial charge on any atom is -0.481 e. The monoisotopic (exact) mass is 166 g/mol. The highest BCUT2D eigenvalue weighted by Gasteiger charge is 1.87. The number of carboxylic acids is 1. The third-order valence-electron chi connectivity index (χ3n) is 0.464. The second kappa shape index (κ2) is 10.9. The standard InChI is InChI=1S/C3H5O2.Al.HO2P.2H/c1-2-3(4)5;;1-3-2;;/h1-2H2,(H,4,5);;(H,1,2);;.